The van der Waals surface area contributed by atoms with Gasteiger partial charge in [0.25, 0.3) is 7.36 Å². The lowest BCUT2D eigenvalue weighted by atomic mass is 10.1. The Morgan fingerprint density at radius 2 is 1.13 bits per heavy atom. The Balaban J connectivity index is 0.000000978. The minimum Gasteiger partial charge on any atom is -0.480 e. The molecule has 3 aromatic carbocycles. The van der Waals surface area contributed by atoms with E-state index in [1.807, 2.05) is 11.7 Å². The van der Waals surface area contributed by atoms with Gasteiger partial charge in [-0.2, -0.15) is 9.82 Å². The number of benzene rings is 3. The van der Waals surface area contributed by atoms with E-state index in [0.29, 0.717) is 89.9 Å². The van der Waals surface area contributed by atoms with Crippen LogP contribution in [-0.2, 0) is 74.2 Å². The number of carboxylic acid groups (broad SMARTS) is 5. The van der Waals surface area contributed by atoms with Crippen LogP contribution < -0.4 is 31.3 Å². The number of amides is 3. The molecule has 572 valence electrons. The number of aliphatic carboxylic acids is 5. The van der Waals surface area contributed by atoms with E-state index in [0.717, 1.165) is 36.5 Å². The monoisotopic (exact) mass is 1490 g/mol. The first-order chi connectivity index (χ1) is 48.8. The minimum absolute atomic E-state index is 0. The topological polar surface area (TPSA) is 465 Å². The van der Waals surface area contributed by atoms with Gasteiger partial charge in [-0.25, -0.2) is 26.6 Å². The Hall–Kier alpha value is -8.70. The van der Waals surface area contributed by atoms with Gasteiger partial charge in [-0.1, -0.05) is 31.7 Å². The number of rotatable bonds is 41. The predicted octanol–water partition coefficient (Wildman–Crippen LogP) is 1.09. The molecule has 0 spiro atoms. The van der Waals surface area contributed by atoms with E-state index in [9.17, 15) is 85.1 Å². The SMILES string of the molecule is C.CF.CNCCCOCCOCCOCCCNC(=O)CC[C@H](NC(=O)CN1CCN(CC(=O)O)CCN(CC(=O)O)CCN(CC(=O)O)CC1)C(=O)O.CS(=O)(=O)c1ccc(-c2ccc(S(=O)(=O)N[C@@H](CNC(=O)c3ccc4c(cnn4CCCNc4ncc[nH]4)c3)C(=O)O)cc2)cc1.[3HH].[3H]F. The maximum Gasteiger partial charge on any atom is 0.326 e. The second kappa shape index (κ2) is 48.2. The van der Waals surface area contributed by atoms with Crippen LogP contribution in [0.1, 0.15) is 51.3 Å². The Labute approximate surface area is 594 Å². The lowest BCUT2D eigenvalue weighted by Gasteiger charge is -2.33. The highest BCUT2D eigenvalue weighted by Crippen LogP contribution is 2.24. The highest BCUT2D eigenvalue weighted by Gasteiger charge is 2.28. The number of carbonyl (C=O) groups is 8. The average molecular weight is 1490 g/mol. The van der Waals surface area contributed by atoms with Crippen LogP contribution in [0.25, 0.3) is 22.0 Å². The summed E-state index contributed by atoms with van der Waals surface area (Å²) in [6.45, 7) is 5.46. The number of carboxylic acids is 5. The molecule has 1 aliphatic heterocycles. The summed E-state index contributed by atoms with van der Waals surface area (Å²) < 4.78 is 92.2. The number of hydrogen-bond donors (Lipinski definition) is 12. The molecule has 0 unspecified atom stereocenters. The molecule has 3 amide bonds. The van der Waals surface area contributed by atoms with Gasteiger partial charge in [-0.3, -0.25) is 67.0 Å². The molecule has 6 rings (SSSR count). The van der Waals surface area contributed by atoms with Crippen molar-refractivity contribution in [1.82, 2.24) is 65.3 Å². The number of ether oxygens (including phenoxy) is 3. The molecule has 3 heterocycles. The average Bonchev–Trinajstić information content (AvgIpc) is 1.49. The van der Waals surface area contributed by atoms with E-state index in [-0.39, 0.29) is 121 Å². The van der Waals surface area contributed by atoms with Crippen LogP contribution in [0.15, 0.2) is 95.1 Å². The van der Waals surface area contributed by atoms with E-state index < -0.39 is 80.1 Å². The van der Waals surface area contributed by atoms with Crippen molar-refractivity contribution in [3.63, 3.8) is 0 Å². The van der Waals surface area contributed by atoms with Gasteiger partial charge >= 0.3 is 29.8 Å². The van der Waals surface area contributed by atoms with E-state index in [4.69, 9.17) is 18.9 Å². The number of aromatic nitrogens is 4. The lowest BCUT2D eigenvalue weighted by molar-refractivity contribution is -0.142. The normalized spacial score (nSPS) is 14.1. The van der Waals surface area contributed by atoms with Crippen LogP contribution >= 0.6 is 0 Å². The summed E-state index contributed by atoms with van der Waals surface area (Å²) in [6.07, 6.45) is 8.10. The van der Waals surface area contributed by atoms with Crippen LogP contribution in [-0.4, -0.2) is 308 Å². The molecule has 0 saturated carbocycles. The number of halogens is 2. The minimum atomic E-state index is -4.27. The van der Waals surface area contributed by atoms with Crippen LogP contribution in [0, 0.1) is 0 Å². The van der Waals surface area contributed by atoms with Crippen molar-refractivity contribution in [3.8, 4) is 11.1 Å². The fourth-order valence-corrected chi connectivity index (χ4v) is 11.6. The molecule has 2 atom stereocenters. The number of sulfone groups is 1. The number of fused-ring (bicyclic) bond motifs is 1. The zero-order valence-electron chi connectivity index (χ0n) is 57.6. The van der Waals surface area contributed by atoms with Gasteiger partial charge in [0.1, 0.15) is 12.1 Å². The molecule has 0 bridgehead atoms. The van der Waals surface area contributed by atoms with E-state index in [1.54, 1.807) is 68.5 Å². The van der Waals surface area contributed by atoms with Crippen molar-refractivity contribution < 1.29 is 105 Å². The summed E-state index contributed by atoms with van der Waals surface area (Å²) in [5.41, 5.74) is 2.38. The molecule has 0 aliphatic carbocycles. The van der Waals surface area contributed by atoms with Crippen LogP contribution in [0.5, 0.6) is 0 Å². The maximum absolute atomic E-state index is 13.0. The molecule has 34 nitrogen and oxygen atoms in total. The highest BCUT2D eigenvalue weighted by molar-refractivity contribution is 7.90. The number of imidazole rings is 1. The number of aryl methyl sites for hydroxylation is 1. The van der Waals surface area contributed by atoms with Crippen LogP contribution in [0.4, 0.5) is 15.1 Å². The molecular formula is C64H100F2N14O20S2. The molecule has 12 N–H and O–H groups in total. The van der Waals surface area contributed by atoms with Crippen LogP contribution in [0.2, 0.25) is 0 Å². The molecule has 38 heteroatoms. The summed E-state index contributed by atoms with van der Waals surface area (Å²) in [6, 6.07) is 13.8. The zero-order chi connectivity index (χ0) is 75.5. The smallest absolute Gasteiger partial charge is 0.326 e. The number of nitrogens with one attached hydrogen (secondary N) is 7. The van der Waals surface area contributed by atoms with Crippen molar-refractivity contribution in [3.05, 3.63) is 90.9 Å². The van der Waals surface area contributed by atoms with Gasteiger partial charge in [-0.05, 0) is 92.9 Å². The van der Waals surface area contributed by atoms with Gasteiger partial charge in [0, 0.05) is 129 Å². The number of carbonyl (C=O) groups excluding carboxylic acids is 3. The second-order valence-electron chi connectivity index (χ2n) is 22.7. The molecule has 1 fully saturated rings. The highest BCUT2D eigenvalue weighted by atomic mass is 32.2. The lowest BCUT2D eigenvalue weighted by Crippen LogP contribution is -2.51. The summed E-state index contributed by atoms with van der Waals surface area (Å²) in [5.74, 6) is -6.89. The Bertz CT molecular complexity index is 3570. The summed E-state index contributed by atoms with van der Waals surface area (Å²) in [7, 11) is -5.24. The fraction of sp³-hybridized carbons (Fsp3) is 0.531. The second-order valence-corrected chi connectivity index (χ2v) is 26.4. The summed E-state index contributed by atoms with van der Waals surface area (Å²) in [5, 5.41) is 66.4. The fourth-order valence-electron chi connectivity index (χ4n) is 9.80. The van der Waals surface area contributed by atoms with Crippen molar-refractivity contribution in [2.24, 2.45) is 0 Å². The molecule has 1 saturated heterocycles. The third-order valence-corrected chi connectivity index (χ3v) is 17.6. The molecule has 0 radical (unpaired) electrons. The third-order valence-electron chi connectivity index (χ3n) is 15.0. The van der Waals surface area contributed by atoms with Gasteiger partial charge in [-0.15, -0.1) is 0 Å². The van der Waals surface area contributed by atoms with Crippen molar-refractivity contribution in [2.75, 3.05) is 170 Å². The predicted molar refractivity (Wildman–Crippen MR) is 375 cm³/mol. The summed E-state index contributed by atoms with van der Waals surface area (Å²) in [4.78, 5) is 110. The number of hydrogen-bond acceptors (Lipinski definition) is 23. The molecule has 2 aromatic heterocycles. The molecule has 5 aromatic rings. The van der Waals surface area contributed by atoms with Crippen molar-refractivity contribution >= 4 is 84.3 Å². The van der Waals surface area contributed by atoms with Gasteiger partial charge in [0.15, 0.2) is 15.8 Å². The first-order valence-electron chi connectivity index (χ1n) is 32.4. The van der Waals surface area contributed by atoms with Gasteiger partial charge in [0.2, 0.25) is 21.8 Å². The standard InChI is InChI=1S/C32H59N7O13.C30H31N7O7S2.CH3F.CH4.FH.H2/c1-33-6-2-16-50-18-20-52-21-19-51-17-3-7-34-27(40)5-4-26(32(48)49)35-28(41)22-36-8-10-37(23-29(42)43)12-14-39(25-31(46)47)15-13-38(11-9-36)24-30(44)45;1-45(41,42)24-8-3-20(4-9-24)21-5-10-25(11-6-21)46(43,44)36-26(29(39)40)19-34-28(38)22-7-12-27-23(17-22)18-35-37(27)16-2-13-31-30-32-14-15-33-30;1-2;;;/h26,33H,2-25H2,1H3,(H,34,40)(H,35,41)(H,42,43)(H,44,45)(H,46,47)(H,48,49);3-12,14-15,17-18,26,36H,2,13,16,19H2,1H3,(H,34,38)(H,39,40)(H2,31,32,33);1H3;1H4;2*1H/t2*26-;;;;/m00..../s1/i;;;;;1+2/hT. The number of H-pyrrole nitrogens is 1. The quantitative estimate of drug-likeness (QED) is 0.0244. The zero-order valence-corrected chi connectivity index (χ0v) is 58.2. The third kappa shape index (κ3) is 34.8. The maximum atomic E-state index is 13.0. The molecule has 1 aliphatic rings. The number of alkyl halides is 1. The Morgan fingerprint density at radius 3 is 1.60 bits per heavy atom. The first kappa shape index (κ1) is 87.5. The van der Waals surface area contributed by atoms with E-state index in [2.05, 4.69) is 47.8 Å². The molecule has 102 heavy (non-hydrogen) atoms. The number of aromatic amines is 1. The Morgan fingerprint density at radius 1 is 0.637 bits per heavy atom. The number of sulfonamides is 1. The number of nitrogens with zero attached hydrogens (tertiary/aromatic N) is 7. The largest absolute Gasteiger partial charge is 0.480 e. The van der Waals surface area contributed by atoms with Gasteiger partial charge < -0.3 is 71.3 Å². The van der Waals surface area contributed by atoms with E-state index >= 15 is 0 Å². The summed E-state index contributed by atoms with van der Waals surface area (Å²) >= 11 is 0. The van der Waals surface area contributed by atoms with E-state index in [1.165, 1.54) is 36.4 Å². The van der Waals surface area contributed by atoms with Gasteiger partial charge in [0.05, 0.1) is 81.3 Å². The van der Waals surface area contributed by atoms with Crippen molar-refractivity contribution in [1.29, 1.82) is 1.45 Å². The van der Waals surface area contributed by atoms with Crippen molar-refractivity contribution in [2.45, 2.75) is 68.0 Å². The number of anilines is 1. The first-order valence-corrected chi connectivity index (χ1v) is 35.4. The Kier molecular flexibility index (Phi) is 41.4. The molecular weight excluding hydrogens is 1390 g/mol. The van der Waals surface area contributed by atoms with Crippen LogP contribution in [0.3, 0.4) is 0 Å².